The first kappa shape index (κ1) is 32.1. The van der Waals surface area contributed by atoms with Crippen molar-refractivity contribution in [2.75, 3.05) is 23.9 Å². The van der Waals surface area contributed by atoms with Gasteiger partial charge in [0.25, 0.3) is 11.8 Å². The van der Waals surface area contributed by atoms with Crippen molar-refractivity contribution in [1.29, 1.82) is 0 Å². The van der Waals surface area contributed by atoms with Crippen LogP contribution < -0.4 is 16.0 Å². The fraction of sp³-hybridized carbons (Fsp3) is 0.259. The summed E-state index contributed by atoms with van der Waals surface area (Å²) in [5, 5.41) is 6.51. The second kappa shape index (κ2) is 12.4. The van der Waals surface area contributed by atoms with Crippen molar-refractivity contribution in [3.8, 4) is 17.1 Å². The standard InChI is InChI=1S/C27H25F3N8O7/c1-26(2,3)45-25(42)37(13-27(28,29)30)19-9-14(7-8-32-19)23-35-18(12-44-23)22(40)34-17-11-38(36-20(17)21(31)39)15-5-6-16(33-10-15)24(41)43-4/h5-12H,13H2,1-4H3,(H2,31,39)(H,34,40). The number of amides is 3. The van der Waals surface area contributed by atoms with Crippen LogP contribution in [0.15, 0.2) is 53.5 Å². The van der Waals surface area contributed by atoms with Crippen molar-refractivity contribution in [2.45, 2.75) is 32.5 Å². The molecule has 18 heteroatoms. The highest BCUT2D eigenvalue weighted by atomic mass is 19.4. The molecule has 3 N–H and O–H groups in total. The van der Waals surface area contributed by atoms with Crippen LogP contribution in [0.5, 0.6) is 0 Å². The predicted molar refractivity (Wildman–Crippen MR) is 149 cm³/mol. The quantitative estimate of drug-likeness (QED) is 0.269. The van der Waals surface area contributed by atoms with E-state index in [-0.39, 0.29) is 34.2 Å². The van der Waals surface area contributed by atoms with Gasteiger partial charge in [0.2, 0.25) is 5.89 Å². The molecule has 4 aromatic rings. The first-order valence-corrected chi connectivity index (χ1v) is 12.8. The second-order valence-corrected chi connectivity index (χ2v) is 10.2. The summed E-state index contributed by atoms with van der Waals surface area (Å²) in [5.74, 6) is -3.09. The van der Waals surface area contributed by atoms with Crippen LogP contribution >= 0.6 is 0 Å². The van der Waals surface area contributed by atoms with E-state index in [1.54, 1.807) is 0 Å². The van der Waals surface area contributed by atoms with Crippen molar-refractivity contribution >= 4 is 35.4 Å². The lowest BCUT2D eigenvalue weighted by Crippen LogP contribution is -2.42. The smallest absolute Gasteiger partial charge is 0.416 e. The molecule has 0 aliphatic rings. The topological polar surface area (TPSA) is 198 Å². The van der Waals surface area contributed by atoms with E-state index >= 15 is 0 Å². The number of primary amides is 1. The van der Waals surface area contributed by atoms with E-state index in [2.05, 4.69) is 30.1 Å². The highest BCUT2D eigenvalue weighted by Crippen LogP contribution is 2.27. The first-order valence-electron chi connectivity index (χ1n) is 12.8. The summed E-state index contributed by atoms with van der Waals surface area (Å²) in [7, 11) is 1.20. The number of pyridine rings is 2. The number of rotatable bonds is 8. The maximum absolute atomic E-state index is 13.3. The van der Waals surface area contributed by atoms with Gasteiger partial charge in [0.1, 0.15) is 29.9 Å². The Morgan fingerprint density at radius 3 is 2.42 bits per heavy atom. The first-order chi connectivity index (χ1) is 21.0. The Morgan fingerprint density at radius 1 is 1.09 bits per heavy atom. The third kappa shape index (κ3) is 7.98. The normalized spacial score (nSPS) is 11.5. The van der Waals surface area contributed by atoms with Gasteiger partial charge in [-0.2, -0.15) is 18.3 Å². The maximum atomic E-state index is 13.3. The number of oxazole rings is 1. The third-order valence-electron chi connectivity index (χ3n) is 5.56. The number of nitrogens with one attached hydrogen (secondary N) is 1. The lowest BCUT2D eigenvalue weighted by atomic mass is 10.2. The number of carbonyl (C=O) groups excluding carboxylic acids is 4. The van der Waals surface area contributed by atoms with Gasteiger partial charge in [-0.15, -0.1) is 0 Å². The van der Waals surface area contributed by atoms with Crippen molar-refractivity contribution in [1.82, 2.24) is 24.7 Å². The van der Waals surface area contributed by atoms with Gasteiger partial charge in [-0.05, 0) is 45.0 Å². The zero-order valence-electron chi connectivity index (χ0n) is 24.1. The molecule has 4 heterocycles. The molecule has 0 spiro atoms. The minimum Gasteiger partial charge on any atom is -0.464 e. The summed E-state index contributed by atoms with van der Waals surface area (Å²) in [6.07, 6.45) is -1.41. The minimum absolute atomic E-state index is 0.0260. The molecule has 45 heavy (non-hydrogen) atoms. The average molecular weight is 631 g/mol. The summed E-state index contributed by atoms with van der Waals surface area (Å²) in [6.45, 7) is 2.81. The van der Waals surface area contributed by atoms with E-state index in [1.807, 2.05) is 0 Å². The van der Waals surface area contributed by atoms with Gasteiger partial charge in [0.05, 0.1) is 30.9 Å². The largest absolute Gasteiger partial charge is 0.464 e. The van der Waals surface area contributed by atoms with Gasteiger partial charge in [0.15, 0.2) is 11.4 Å². The van der Waals surface area contributed by atoms with Gasteiger partial charge in [-0.25, -0.2) is 29.2 Å². The Kier molecular flexibility index (Phi) is 8.87. The molecule has 0 atom stereocenters. The highest BCUT2D eigenvalue weighted by molar-refractivity contribution is 6.07. The van der Waals surface area contributed by atoms with Crippen LogP contribution in [-0.4, -0.2) is 74.0 Å². The fourth-order valence-electron chi connectivity index (χ4n) is 3.66. The van der Waals surface area contributed by atoms with E-state index in [4.69, 9.17) is 14.9 Å². The molecule has 15 nitrogen and oxygen atoms in total. The van der Waals surface area contributed by atoms with Gasteiger partial charge in [0, 0.05) is 11.8 Å². The van der Waals surface area contributed by atoms with Gasteiger partial charge < -0.3 is 24.9 Å². The number of halogens is 3. The Bertz CT molecular complexity index is 1740. The number of hydrogen-bond donors (Lipinski definition) is 2. The van der Waals surface area contributed by atoms with Crippen LogP contribution in [-0.2, 0) is 9.47 Å². The van der Waals surface area contributed by atoms with Gasteiger partial charge in [-0.3, -0.25) is 14.5 Å². The molecule has 0 saturated carbocycles. The molecule has 0 fully saturated rings. The van der Waals surface area contributed by atoms with Gasteiger partial charge >= 0.3 is 18.2 Å². The van der Waals surface area contributed by atoms with Crippen LogP contribution in [0.1, 0.15) is 52.2 Å². The number of ether oxygens (including phenoxy) is 2. The third-order valence-corrected chi connectivity index (χ3v) is 5.56. The summed E-state index contributed by atoms with van der Waals surface area (Å²) in [5.41, 5.74) is 4.08. The number of methoxy groups -OCH3 is 1. The number of hydrogen-bond acceptors (Lipinski definition) is 11. The molecule has 0 unspecified atom stereocenters. The molecule has 0 bridgehead atoms. The zero-order chi connectivity index (χ0) is 33.1. The van der Waals surface area contributed by atoms with Crippen molar-refractivity contribution < 1.29 is 46.2 Å². The summed E-state index contributed by atoms with van der Waals surface area (Å²) >= 11 is 0. The maximum Gasteiger partial charge on any atom is 0.416 e. The molecule has 0 radical (unpaired) electrons. The van der Waals surface area contributed by atoms with E-state index < -0.39 is 48.0 Å². The van der Waals surface area contributed by atoms with Crippen molar-refractivity contribution in [2.24, 2.45) is 5.73 Å². The second-order valence-electron chi connectivity index (χ2n) is 10.2. The highest BCUT2D eigenvalue weighted by Gasteiger charge is 2.36. The molecule has 0 aromatic carbocycles. The lowest BCUT2D eigenvalue weighted by Gasteiger charge is -2.27. The SMILES string of the molecule is COC(=O)c1ccc(-n2cc(NC(=O)c3coc(-c4ccnc(N(CC(F)(F)F)C(=O)OC(C)(C)C)c4)n3)c(C(N)=O)n2)cn1. The van der Waals surface area contributed by atoms with Crippen molar-refractivity contribution in [3.63, 3.8) is 0 Å². The number of nitrogens with two attached hydrogens (primary N) is 1. The molecule has 4 aromatic heterocycles. The summed E-state index contributed by atoms with van der Waals surface area (Å²) in [6, 6.07) is 5.28. The van der Waals surface area contributed by atoms with Gasteiger partial charge in [-0.1, -0.05) is 0 Å². The molecule has 236 valence electrons. The number of nitrogens with zero attached hydrogens (tertiary/aromatic N) is 6. The molecular weight excluding hydrogens is 605 g/mol. The van der Waals surface area contributed by atoms with E-state index in [0.717, 1.165) is 18.5 Å². The Labute approximate surface area is 252 Å². The molecular formula is C27H25F3N8O7. The van der Waals surface area contributed by atoms with Crippen LogP contribution in [0.2, 0.25) is 0 Å². The Hall–Kier alpha value is -5.81. The number of esters is 1. The van der Waals surface area contributed by atoms with Crippen LogP contribution in [0.3, 0.4) is 0 Å². The van der Waals surface area contributed by atoms with E-state index in [0.29, 0.717) is 10.6 Å². The zero-order valence-corrected chi connectivity index (χ0v) is 24.1. The van der Waals surface area contributed by atoms with E-state index in [9.17, 15) is 32.3 Å². The lowest BCUT2D eigenvalue weighted by molar-refractivity contribution is -0.119. The minimum atomic E-state index is -4.77. The van der Waals surface area contributed by atoms with Crippen LogP contribution in [0, 0.1) is 0 Å². The van der Waals surface area contributed by atoms with Crippen LogP contribution in [0.25, 0.3) is 17.1 Å². The molecule has 0 saturated heterocycles. The molecule has 0 aliphatic heterocycles. The Balaban J connectivity index is 1.57. The average Bonchev–Trinajstić information content (AvgIpc) is 3.63. The van der Waals surface area contributed by atoms with Crippen molar-refractivity contribution in [3.05, 3.63) is 66.2 Å². The fourth-order valence-corrected chi connectivity index (χ4v) is 3.66. The Morgan fingerprint density at radius 2 is 1.82 bits per heavy atom. The predicted octanol–water partition coefficient (Wildman–Crippen LogP) is 3.76. The summed E-state index contributed by atoms with van der Waals surface area (Å²) in [4.78, 5) is 61.4. The molecule has 4 rings (SSSR count). The number of anilines is 2. The number of alkyl halides is 3. The number of aromatic nitrogens is 5. The van der Waals surface area contributed by atoms with E-state index in [1.165, 1.54) is 63.2 Å². The molecule has 3 amide bonds. The monoisotopic (exact) mass is 630 g/mol. The number of carbonyl (C=O) groups is 4. The molecule has 0 aliphatic carbocycles. The summed E-state index contributed by atoms with van der Waals surface area (Å²) < 4.78 is 56.2. The van der Waals surface area contributed by atoms with Crippen LogP contribution in [0.4, 0.5) is 29.5 Å².